The zero-order valence-corrected chi connectivity index (χ0v) is 8.18. The maximum Gasteiger partial charge on any atom is 0.272 e. The number of alkyl halides is 2. The molecule has 0 saturated heterocycles. The first kappa shape index (κ1) is 11.4. The number of nitrogens with zero attached hydrogens (tertiary/aromatic N) is 1. The van der Waals surface area contributed by atoms with Crippen LogP contribution in [-0.4, -0.2) is 25.8 Å². The summed E-state index contributed by atoms with van der Waals surface area (Å²) in [4.78, 5) is 3.82. The monoisotopic (exact) mass is 224 g/mol. The standard InChI is InChI=1S/C8H11ClF2N2O/c9-6-1-5(2-12)3-13-8(6)14-4-7(10)11/h3,5,7H,1-2,4,12H2/t5-/m0/s1. The molecule has 0 aromatic heterocycles. The van der Waals surface area contributed by atoms with Crippen molar-refractivity contribution in [2.75, 3.05) is 13.2 Å². The molecular formula is C8H11ClF2N2O. The zero-order valence-electron chi connectivity index (χ0n) is 7.42. The number of hydrogen-bond donors (Lipinski definition) is 1. The molecule has 0 aromatic rings. The largest absolute Gasteiger partial charge is 0.471 e. The summed E-state index contributed by atoms with van der Waals surface area (Å²) in [5.41, 5.74) is 5.40. The van der Waals surface area contributed by atoms with Crippen LogP contribution >= 0.6 is 11.6 Å². The van der Waals surface area contributed by atoms with Gasteiger partial charge in [0, 0.05) is 18.7 Å². The predicted octanol–water partition coefficient (Wildman–Crippen LogP) is 1.73. The first-order valence-corrected chi connectivity index (χ1v) is 4.55. The molecule has 0 aromatic carbocycles. The highest BCUT2D eigenvalue weighted by Gasteiger charge is 2.17. The smallest absolute Gasteiger partial charge is 0.272 e. The molecule has 0 radical (unpaired) electrons. The van der Waals surface area contributed by atoms with Gasteiger partial charge < -0.3 is 10.5 Å². The first-order chi connectivity index (χ1) is 6.63. The van der Waals surface area contributed by atoms with E-state index in [-0.39, 0.29) is 11.8 Å². The molecule has 0 saturated carbocycles. The molecule has 1 aliphatic rings. The average molecular weight is 225 g/mol. The van der Waals surface area contributed by atoms with Crippen molar-refractivity contribution in [3.8, 4) is 0 Å². The molecule has 2 N–H and O–H groups in total. The number of halogens is 3. The van der Waals surface area contributed by atoms with E-state index in [1.165, 1.54) is 0 Å². The minimum atomic E-state index is -2.52. The van der Waals surface area contributed by atoms with Crippen molar-refractivity contribution in [3.05, 3.63) is 10.9 Å². The van der Waals surface area contributed by atoms with Gasteiger partial charge in [-0.25, -0.2) is 13.8 Å². The lowest BCUT2D eigenvalue weighted by Crippen LogP contribution is -2.19. The van der Waals surface area contributed by atoms with Crippen molar-refractivity contribution in [1.82, 2.24) is 0 Å². The van der Waals surface area contributed by atoms with Crippen LogP contribution in [-0.2, 0) is 4.74 Å². The van der Waals surface area contributed by atoms with Gasteiger partial charge in [0.1, 0.15) is 0 Å². The Labute approximate surface area is 85.6 Å². The van der Waals surface area contributed by atoms with Crippen molar-refractivity contribution in [2.45, 2.75) is 12.8 Å². The number of hydrogen-bond acceptors (Lipinski definition) is 3. The van der Waals surface area contributed by atoms with Crippen molar-refractivity contribution < 1.29 is 13.5 Å². The average Bonchev–Trinajstić information content (AvgIpc) is 2.15. The van der Waals surface area contributed by atoms with Crippen LogP contribution in [0, 0.1) is 5.92 Å². The highest BCUT2D eigenvalue weighted by atomic mass is 35.5. The van der Waals surface area contributed by atoms with Crippen LogP contribution in [0.1, 0.15) is 6.42 Å². The molecule has 80 valence electrons. The van der Waals surface area contributed by atoms with E-state index in [2.05, 4.69) is 4.99 Å². The molecule has 1 rings (SSSR count). The van der Waals surface area contributed by atoms with E-state index in [0.717, 1.165) is 0 Å². The number of nitrogens with two attached hydrogens (primary N) is 1. The lowest BCUT2D eigenvalue weighted by molar-refractivity contribution is 0.0471. The third kappa shape index (κ3) is 3.23. The second-order valence-electron chi connectivity index (χ2n) is 2.89. The number of rotatable bonds is 4. The Morgan fingerprint density at radius 3 is 2.93 bits per heavy atom. The van der Waals surface area contributed by atoms with Crippen LogP contribution in [0.4, 0.5) is 8.78 Å². The fourth-order valence-corrected chi connectivity index (χ4v) is 1.32. The van der Waals surface area contributed by atoms with Gasteiger partial charge in [0.05, 0.1) is 5.03 Å². The molecule has 1 aliphatic heterocycles. The van der Waals surface area contributed by atoms with E-state index in [0.29, 0.717) is 18.0 Å². The Hall–Kier alpha value is -0.680. The lowest BCUT2D eigenvalue weighted by atomic mass is 10.1. The maximum absolute atomic E-state index is 11.8. The van der Waals surface area contributed by atoms with Gasteiger partial charge >= 0.3 is 0 Å². The van der Waals surface area contributed by atoms with Crippen LogP contribution in [0.2, 0.25) is 0 Å². The Balaban J connectivity index is 2.50. The number of allylic oxidation sites excluding steroid dienone is 1. The molecule has 14 heavy (non-hydrogen) atoms. The summed E-state index contributed by atoms with van der Waals surface area (Å²) in [5, 5.41) is 0.351. The van der Waals surface area contributed by atoms with E-state index in [1.54, 1.807) is 6.21 Å². The van der Waals surface area contributed by atoms with Crippen LogP contribution in [0.25, 0.3) is 0 Å². The van der Waals surface area contributed by atoms with Crippen LogP contribution in [0.5, 0.6) is 0 Å². The van der Waals surface area contributed by atoms with E-state index in [1.807, 2.05) is 0 Å². The molecule has 0 fully saturated rings. The van der Waals surface area contributed by atoms with E-state index in [4.69, 9.17) is 22.1 Å². The van der Waals surface area contributed by atoms with Gasteiger partial charge in [-0.15, -0.1) is 0 Å². The molecule has 6 heteroatoms. The highest BCUT2D eigenvalue weighted by Crippen LogP contribution is 2.24. The first-order valence-electron chi connectivity index (χ1n) is 4.17. The van der Waals surface area contributed by atoms with Crippen molar-refractivity contribution in [1.29, 1.82) is 0 Å². The summed E-state index contributed by atoms with van der Waals surface area (Å²) in [6, 6.07) is 0. The van der Waals surface area contributed by atoms with Gasteiger partial charge in [0.2, 0.25) is 5.88 Å². The zero-order chi connectivity index (χ0) is 10.6. The minimum absolute atomic E-state index is 0.0707. The second kappa shape index (κ2) is 5.26. The predicted molar refractivity (Wildman–Crippen MR) is 50.5 cm³/mol. The summed E-state index contributed by atoms with van der Waals surface area (Å²) < 4.78 is 28.3. The molecule has 0 unspecified atom stereocenters. The normalized spacial score (nSPS) is 21.9. The van der Waals surface area contributed by atoms with Crippen molar-refractivity contribution >= 4 is 17.8 Å². The lowest BCUT2D eigenvalue weighted by Gasteiger charge is -2.16. The third-order valence-electron chi connectivity index (χ3n) is 1.72. The van der Waals surface area contributed by atoms with E-state index < -0.39 is 13.0 Å². The molecule has 3 nitrogen and oxygen atoms in total. The SMILES string of the molecule is NC[C@H]1C=NC(OCC(F)F)=C(Cl)C1. The Morgan fingerprint density at radius 1 is 1.71 bits per heavy atom. The molecular weight excluding hydrogens is 214 g/mol. The Bertz CT molecular complexity index is 256. The molecule has 0 bridgehead atoms. The number of aliphatic imine (C=N–C) groups is 1. The van der Waals surface area contributed by atoms with Crippen molar-refractivity contribution in [3.63, 3.8) is 0 Å². The van der Waals surface area contributed by atoms with Crippen LogP contribution < -0.4 is 5.73 Å². The fraction of sp³-hybridized carbons (Fsp3) is 0.625. The topological polar surface area (TPSA) is 47.6 Å². The quantitative estimate of drug-likeness (QED) is 0.791. The summed E-state index contributed by atoms with van der Waals surface area (Å²) in [5.74, 6) is 0.151. The van der Waals surface area contributed by atoms with Crippen LogP contribution in [0.15, 0.2) is 15.9 Å². The van der Waals surface area contributed by atoms with Crippen LogP contribution in [0.3, 0.4) is 0 Å². The van der Waals surface area contributed by atoms with Gasteiger partial charge in [-0.3, -0.25) is 0 Å². The van der Waals surface area contributed by atoms with Gasteiger partial charge in [0.25, 0.3) is 6.43 Å². The van der Waals surface area contributed by atoms with Crippen molar-refractivity contribution in [2.24, 2.45) is 16.6 Å². The van der Waals surface area contributed by atoms with Gasteiger partial charge in [-0.2, -0.15) is 0 Å². The molecule has 1 heterocycles. The van der Waals surface area contributed by atoms with Gasteiger partial charge in [0.15, 0.2) is 6.61 Å². The van der Waals surface area contributed by atoms with Gasteiger partial charge in [-0.1, -0.05) is 11.6 Å². The Kier molecular flexibility index (Phi) is 4.28. The summed E-state index contributed by atoms with van der Waals surface area (Å²) in [7, 11) is 0. The molecule has 1 atom stereocenters. The summed E-state index contributed by atoms with van der Waals surface area (Å²) >= 11 is 5.78. The molecule has 0 spiro atoms. The molecule has 0 amide bonds. The highest BCUT2D eigenvalue weighted by molar-refractivity contribution is 6.30. The summed E-state index contributed by atoms with van der Waals surface area (Å²) in [6.45, 7) is -0.252. The van der Waals surface area contributed by atoms with E-state index in [9.17, 15) is 8.78 Å². The summed E-state index contributed by atoms with van der Waals surface area (Å²) in [6.07, 6.45) is -0.443. The minimum Gasteiger partial charge on any atom is -0.471 e. The third-order valence-corrected chi connectivity index (χ3v) is 2.04. The van der Waals surface area contributed by atoms with E-state index >= 15 is 0 Å². The number of ether oxygens (including phenoxy) is 1. The fourth-order valence-electron chi connectivity index (χ4n) is 1.02. The second-order valence-corrected chi connectivity index (χ2v) is 3.35. The maximum atomic E-state index is 11.8. The molecule has 0 aliphatic carbocycles. The Morgan fingerprint density at radius 2 is 2.43 bits per heavy atom. The van der Waals surface area contributed by atoms with Gasteiger partial charge in [-0.05, 0) is 6.42 Å².